The number of hydrogen-bond donors (Lipinski definition) is 2. The lowest BCUT2D eigenvalue weighted by molar-refractivity contribution is -0.140. The van der Waals surface area contributed by atoms with E-state index in [1.165, 1.54) is 33.4 Å². The van der Waals surface area contributed by atoms with Crippen LogP contribution in [0.15, 0.2) is 23.0 Å². The van der Waals surface area contributed by atoms with E-state index in [2.05, 4.69) is 10.1 Å². The van der Waals surface area contributed by atoms with Crippen LogP contribution in [0.2, 0.25) is 0 Å². The molecular formula is C16H14F3N3O4. The van der Waals surface area contributed by atoms with Gasteiger partial charge in [-0.1, -0.05) is 0 Å². The average molecular weight is 369 g/mol. The first-order chi connectivity index (χ1) is 12.2. The molecular weight excluding hydrogens is 355 g/mol. The van der Waals surface area contributed by atoms with Gasteiger partial charge in [-0.15, -0.1) is 0 Å². The Morgan fingerprint density at radius 3 is 2.50 bits per heavy atom. The first kappa shape index (κ1) is 17.6. The third-order valence-corrected chi connectivity index (χ3v) is 3.92. The number of aryl methyl sites for hydroxylation is 1. The molecule has 2 N–H and O–H groups in total. The second kappa shape index (κ2) is 5.97. The highest BCUT2D eigenvalue weighted by Gasteiger charge is 2.38. The lowest BCUT2D eigenvalue weighted by Crippen LogP contribution is -2.12. The Hall–Kier alpha value is -3.17. The second-order valence-corrected chi connectivity index (χ2v) is 5.44. The first-order valence-corrected chi connectivity index (χ1v) is 7.30. The molecule has 0 bridgehead atoms. The zero-order valence-corrected chi connectivity index (χ0v) is 13.9. The number of hydrogen-bond acceptors (Lipinski definition) is 5. The third-order valence-electron chi connectivity index (χ3n) is 3.92. The number of halogens is 3. The van der Waals surface area contributed by atoms with E-state index in [0.717, 1.165) is 4.68 Å². The van der Waals surface area contributed by atoms with Crippen LogP contribution in [0.3, 0.4) is 0 Å². The molecule has 0 saturated carbocycles. The number of methoxy groups -OCH3 is 2. The Kier molecular flexibility index (Phi) is 4.05. The Labute approximate surface area is 144 Å². The summed E-state index contributed by atoms with van der Waals surface area (Å²) in [5, 5.41) is 12.9. The molecule has 0 radical (unpaired) electrons. The van der Waals surface area contributed by atoms with E-state index in [9.17, 15) is 23.1 Å². The Balaban J connectivity index is 2.36. The number of H-pyrrole nitrogens is 1. The maximum absolute atomic E-state index is 13.1. The Morgan fingerprint density at radius 1 is 1.23 bits per heavy atom. The summed E-state index contributed by atoms with van der Waals surface area (Å²) in [5.41, 5.74) is -2.52. The van der Waals surface area contributed by atoms with Crippen molar-refractivity contribution in [1.82, 2.24) is 14.8 Å². The summed E-state index contributed by atoms with van der Waals surface area (Å²) in [6, 6.07) is 4.58. The van der Waals surface area contributed by atoms with Gasteiger partial charge in [0, 0.05) is 18.7 Å². The van der Waals surface area contributed by atoms with Gasteiger partial charge < -0.3 is 19.6 Å². The van der Waals surface area contributed by atoms with E-state index in [1.807, 2.05) is 0 Å². The molecule has 26 heavy (non-hydrogen) atoms. The molecule has 0 amide bonds. The van der Waals surface area contributed by atoms with Crippen molar-refractivity contribution in [2.24, 2.45) is 7.05 Å². The van der Waals surface area contributed by atoms with Crippen molar-refractivity contribution >= 4 is 11.0 Å². The largest absolute Gasteiger partial charge is 0.503 e. The van der Waals surface area contributed by atoms with E-state index in [1.54, 1.807) is 6.07 Å². The van der Waals surface area contributed by atoms with Gasteiger partial charge in [-0.05, 0) is 12.1 Å². The van der Waals surface area contributed by atoms with Crippen LogP contribution in [-0.4, -0.2) is 34.1 Å². The van der Waals surface area contributed by atoms with Gasteiger partial charge in [-0.2, -0.15) is 18.3 Å². The summed E-state index contributed by atoms with van der Waals surface area (Å²) >= 11 is 0. The van der Waals surface area contributed by atoms with Crippen LogP contribution in [0.25, 0.3) is 22.3 Å². The van der Waals surface area contributed by atoms with Crippen molar-refractivity contribution in [2.45, 2.75) is 6.18 Å². The zero-order valence-electron chi connectivity index (χ0n) is 13.9. The van der Waals surface area contributed by atoms with E-state index < -0.39 is 28.4 Å². The van der Waals surface area contributed by atoms with Crippen molar-refractivity contribution in [3.8, 4) is 28.5 Å². The number of aromatic amines is 1. The molecule has 0 saturated heterocycles. The standard InChI is InChI=1S/C16H14F3N3O4/c1-22-15-10(14(21-22)16(17,18)19)12(23)13(24)11(20-15)8-5-4-7(25-2)6-9(8)26-3/h4-6,24H,1-3H3,(H,20,23). The number of pyridine rings is 1. The van der Waals surface area contributed by atoms with E-state index >= 15 is 0 Å². The van der Waals surface area contributed by atoms with Crippen molar-refractivity contribution in [1.29, 1.82) is 0 Å². The summed E-state index contributed by atoms with van der Waals surface area (Å²) in [4.78, 5) is 15.1. The maximum Gasteiger partial charge on any atom is 0.435 e. The summed E-state index contributed by atoms with van der Waals surface area (Å²) < 4.78 is 50.6. The molecule has 7 nitrogen and oxygen atoms in total. The highest BCUT2D eigenvalue weighted by Crippen LogP contribution is 2.38. The number of nitrogens with one attached hydrogen (secondary N) is 1. The maximum atomic E-state index is 13.1. The minimum Gasteiger partial charge on any atom is -0.503 e. The van der Waals surface area contributed by atoms with Crippen LogP contribution in [0, 0.1) is 0 Å². The van der Waals surface area contributed by atoms with Crippen molar-refractivity contribution in [2.75, 3.05) is 14.2 Å². The molecule has 3 rings (SSSR count). The predicted molar refractivity (Wildman–Crippen MR) is 86.5 cm³/mol. The molecule has 2 aromatic heterocycles. The van der Waals surface area contributed by atoms with E-state index in [0.29, 0.717) is 5.75 Å². The fraction of sp³-hybridized carbons (Fsp3) is 0.250. The molecule has 0 atom stereocenters. The number of nitrogens with zero attached hydrogens (tertiary/aromatic N) is 2. The summed E-state index contributed by atoms with van der Waals surface area (Å²) in [5.74, 6) is -0.138. The van der Waals surface area contributed by atoms with Gasteiger partial charge in [0.05, 0.1) is 19.9 Å². The van der Waals surface area contributed by atoms with Gasteiger partial charge in [0.25, 0.3) is 0 Å². The molecule has 2 heterocycles. The van der Waals surface area contributed by atoms with Crippen LogP contribution in [0.5, 0.6) is 17.2 Å². The van der Waals surface area contributed by atoms with Crippen LogP contribution >= 0.6 is 0 Å². The molecule has 1 aromatic carbocycles. The van der Waals surface area contributed by atoms with Gasteiger partial charge in [-0.25, -0.2) is 0 Å². The Bertz CT molecular complexity index is 1050. The van der Waals surface area contributed by atoms with Crippen molar-refractivity contribution in [3.05, 3.63) is 34.1 Å². The fourth-order valence-electron chi connectivity index (χ4n) is 2.69. The lowest BCUT2D eigenvalue weighted by atomic mass is 10.1. The monoisotopic (exact) mass is 369 g/mol. The van der Waals surface area contributed by atoms with Gasteiger partial charge in [0.2, 0.25) is 5.43 Å². The van der Waals surface area contributed by atoms with Gasteiger partial charge in [-0.3, -0.25) is 9.48 Å². The van der Waals surface area contributed by atoms with Crippen LogP contribution < -0.4 is 14.9 Å². The molecule has 0 aliphatic rings. The summed E-state index contributed by atoms with van der Waals surface area (Å²) in [6.45, 7) is 0. The van der Waals surface area contributed by atoms with E-state index in [-0.39, 0.29) is 22.7 Å². The molecule has 0 unspecified atom stereocenters. The molecule has 0 aliphatic heterocycles. The number of aromatic hydroxyl groups is 1. The van der Waals surface area contributed by atoms with Crippen LogP contribution in [0.1, 0.15) is 5.69 Å². The topological polar surface area (TPSA) is 89.4 Å². The molecule has 0 fully saturated rings. The molecule has 3 aromatic rings. The minimum atomic E-state index is -4.84. The summed E-state index contributed by atoms with van der Waals surface area (Å²) in [6.07, 6.45) is -4.84. The quantitative estimate of drug-likeness (QED) is 0.741. The minimum absolute atomic E-state index is 0.0845. The van der Waals surface area contributed by atoms with Crippen LogP contribution in [-0.2, 0) is 13.2 Å². The number of fused-ring (bicyclic) bond motifs is 1. The first-order valence-electron chi connectivity index (χ1n) is 7.30. The molecule has 138 valence electrons. The smallest absolute Gasteiger partial charge is 0.435 e. The SMILES string of the molecule is COc1ccc(-c2[nH]c3c(c(C(F)(F)F)nn3C)c(=O)c2O)c(OC)c1. The Morgan fingerprint density at radius 2 is 1.92 bits per heavy atom. The second-order valence-electron chi connectivity index (χ2n) is 5.44. The zero-order chi connectivity index (χ0) is 19.2. The number of aromatic nitrogens is 3. The highest BCUT2D eigenvalue weighted by molar-refractivity contribution is 5.86. The third kappa shape index (κ3) is 2.63. The fourth-order valence-corrected chi connectivity index (χ4v) is 2.69. The predicted octanol–water partition coefficient (Wildman–Crippen LogP) is 2.67. The number of alkyl halides is 3. The van der Waals surface area contributed by atoms with Gasteiger partial charge in [0.15, 0.2) is 11.4 Å². The number of ether oxygens (including phenoxy) is 2. The number of rotatable bonds is 3. The normalized spacial score (nSPS) is 11.8. The molecule has 10 heteroatoms. The van der Waals surface area contributed by atoms with Gasteiger partial charge >= 0.3 is 6.18 Å². The molecule has 0 spiro atoms. The average Bonchev–Trinajstić information content (AvgIpc) is 2.94. The van der Waals surface area contributed by atoms with Crippen molar-refractivity contribution in [3.63, 3.8) is 0 Å². The highest BCUT2D eigenvalue weighted by atomic mass is 19.4. The molecule has 0 aliphatic carbocycles. The lowest BCUT2D eigenvalue weighted by Gasteiger charge is -2.12. The number of benzene rings is 1. The van der Waals surface area contributed by atoms with E-state index in [4.69, 9.17) is 9.47 Å². The summed E-state index contributed by atoms with van der Waals surface area (Å²) in [7, 11) is 4.09. The van der Waals surface area contributed by atoms with Crippen LogP contribution in [0.4, 0.5) is 13.2 Å². The van der Waals surface area contributed by atoms with Crippen molar-refractivity contribution < 1.29 is 27.8 Å². The van der Waals surface area contributed by atoms with Gasteiger partial charge in [0.1, 0.15) is 22.5 Å².